The molecule has 0 fully saturated rings. The maximum absolute atomic E-state index is 12.1. The third-order valence-corrected chi connectivity index (χ3v) is 5.79. The minimum atomic E-state index is -3.67. The molecule has 0 aromatic carbocycles. The van der Waals surface area contributed by atoms with Gasteiger partial charge in [-0.2, -0.15) is 0 Å². The molecule has 0 unspecified atom stereocenters. The van der Waals surface area contributed by atoms with Crippen LogP contribution in [-0.4, -0.2) is 25.1 Å². The van der Waals surface area contributed by atoms with Crippen molar-refractivity contribution in [2.45, 2.75) is 24.8 Å². The second-order valence-corrected chi connectivity index (χ2v) is 7.44. The van der Waals surface area contributed by atoms with E-state index in [4.69, 9.17) is 9.52 Å². The van der Waals surface area contributed by atoms with Crippen LogP contribution in [0.25, 0.3) is 0 Å². The smallest absolute Gasteiger partial charge is 0.244 e. The Labute approximate surface area is 129 Å². The van der Waals surface area contributed by atoms with Crippen molar-refractivity contribution in [1.82, 2.24) is 9.71 Å². The number of hydrogen-bond acceptors (Lipinski definition) is 6. The molecule has 110 valence electrons. The van der Waals surface area contributed by atoms with Gasteiger partial charge in [0.1, 0.15) is 17.3 Å². The number of aliphatic hydroxyl groups excluding tert-OH is 1. The van der Waals surface area contributed by atoms with E-state index in [-0.39, 0.29) is 28.5 Å². The molecule has 2 N–H and O–H groups in total. The van der Waals surface area contributed by atoms with Gasteiger partial charge in [0.25, 0.3) is 0 Å². The molecule has 0 aliphatic rings. The standard InChI is InChI=1S/C11H13BrN2O4S2/c1-7-6-19-10(14-7)2-3-13-20(16,17)9-4-8(5-15)18-11(9)12/h4,6,13,15H,2-3,5H2,1H3. The predicted octanol–water partition coefficient (Wildman–Crippen LogP) is 1.82. The molecule has 0 bridgehead atoms. The molecule has 2 heterocycles. The summed E-state index contributed by atoms with van der Waals surface area (Å²) in [7, 11) is -3.67. The number of nitrogens with one attached hydrogen (secondary N) is 1. The molecule has 0 aliphatic heterocycles. The Balaban J connectivity index is 2.01. The summed E-state index contributed by atoms with van der Waals surface area (Å²) in [6, 6.07) is 1.29. The van der Waals surface area contributed by atoms with E-state index in [0.29, 0.717) is 6.42 Å². The van der Waals surface area contributed by atoms with E-state index in [1.54, 1.807) is 0 Å². The molecule has 6 nitrogen and oxygen atoms in total. The van der Waals surface area contributed by atoms with Crippen LogP contribution in [0.15, 0.2) is 25.4 Å². The third kappa shape index (κ3) is 3.67. The van der Waals surface area contributed by atoms with Gasteiger partial charge in [0.05, 0.1) is 5.01 Å². The van der Waals surface area contributed by atoms with E-state index >= 15 is 0 Å². The van der Waals surface area contributed by atoms with Crippen molar-refractivity contribution in [2.75, 3.05) is 6.54 Å². The van der Waals surface area contributed by atoms with Gasteiger partial charge in [-0.05, 0) is 22.9 Å². The number of aryl methyl sites for hydroxylation is 1. The highest BCUT2D eigenvalue weighted by Gasteiger charge is 2.22. The van der Waals surface area contributed by atoms with E-state index < -0.39 is 10.0 Å². The average Bonchev–Trinajstić information content (AvgIpc) is 2.95. The lowest BCUT2D eigenvalue weighted by atomic mass is 10.4. The number of thiazole rings is 1. The highest BCUT2D eigenvalue weighted by atomic mass is 79.9. The maximum atomic E-state index is 12.1. The van der Waals surface area contributed by atoms with Gasteiger partial charge in [-0.1, -0.05) is 0 Å². The molecule has 9 heteroatoms. The number of hydrogen-bond donors (Lipinski definition) is 2. The van der Waals surface area contributed by atoms with Gasteiger partial charge in [0.15, 0.2) is 4.67 Å². The first kappa shape index (κ1) is 15.6. The number of aromatic nitrogens is 1. The van der Waals surface area contributed by atoms with Crippen LogP contribution in [0.2, 0.25) is 0 Å². The minimum Gasteiger partial charge on any atom is -0.450 e. The highest BCUT2D eigenvalue weighted by molar-refractivity contribution is 9.10. The van der Waals surface area contributed by atoms with Crippen molar-refractivity contribution >= 4 is 37.3 Å². The van der Waals surface area contributed by atoms with Crippen LogP contribution in [-0.2, 0) is 23.1 Å². The molecule has 2 rings (SSSR count). The molecule has 0 saturated heterocycles. The van der Waals surface area contributed by atoms with E-state index in [9.17, 15) is 8.42 Å². The Hall–Kier alpha value is -0.740. The Morgan fingerprint density at radius 3 is 2.85 bits per heavy atom. The van der Waals surface area contributed by atoms with Crippen LogP contribution in [0.4, 0.5) is 0 Å². The van der Waals surface area contributed by atoms with E-state index in [1.165, 1.54) is 17.4 Å². The van der Waals surface area contributed by atoms with Crippen LogP contribution >= 0.6 is 27.3 Å². The van der Waals surface area contributed by atoms with Crippen LogP contribution in [0, 0.1) is 6.92 Å². The summed E-state index contributed by atoms with van der Waals surface area (Å²) in [6.45, 7) is 1.79. The van der Waals surface area contributed by atoms with Gasteiger partial charge in [-0.25, -0.2) is 18.1 Å². The van der Waals surface area contributed by atoms with Crippen molar-refractivity contribution in [1.29, 1.82) is 0 Å². The molecule has 2 aromatic heterocycles. The van der Waals surface area contributed by atoms with Gasteiger partial charge in [-0.3, -0.25) is 0 Å². The van der Waals surface area contributed by atoms with Crippen molar-refractivity contribution in [2.24, 2.45) is 0 Å². The number of rotatable bonds is 6. The lowest BCUT2D eigenvalue weighted by Gasteiger charge is -2.03. The average molecular weight is 381 g/mol. The van der Waals surface area contributed by atoms with Crippen molar-refractivity contribution < 1.29 is 17.9 Å². The molecular weight excluding hydrogens is 368 g/mol. The van der Waals surface area contributed by atoms with Crippen LogP contribution in [0.5, 0.6) is 0 Å². The molecule has 0 radical (unpaired) electrons. The first-order valence-electron chi connectivity index (χ1n) is 5.72. The first-order chi connectivity index (χ1) is 9.42. The Morgan fingerprint density at radius 1 is 1.55 bits per heavy atom. The molecule has 0 spiro atoms. The second kappa shape index (κ2) is 6.35. The Bertz CT molecular complexity index is 693. The molecule has 2 aromatic rings. The summed E-state index contributed by atoms with van der Waals surface area (Å²) >= 11 is 4.53. The van der Waals surface area contributed by atoms with Crippen LogP contribution < -0.4 is 4.72 Å². The largest absolute Gasteiger partial charge is 0.450 e. The second-order valence-electron chi connectivity index (χ2n) is 4.04. The van der Waals surface area contributed by atoms with Crippen molar-refractivity contribution in [3.63, 3.8) is 0 Å². The zero-order valence-corrected chi connectivity index (χ0v) is 13.8. The molecule has 0 aliphatic carbocycles. The molecule has 0 saturated carbocycles. The molecule has 0 amide bonds. The summed E-state index contributed by atoms with van der Waals surface area (Å²) in [5.74, 6) is 0.188. The Morgan fingerprint density at radius 2 is 2.30 bits per heavy atom. The topological polar surface area (TPSA) is 92.4 Å². The Kier molecular flexibility index (Phi) is 4.97. The first-order valence-corrected chi connectivity index (χ1v) is 8.87. The molecule has 20 heavy (non-hydrogen) atoms. The number of halogens is 1. The number of furan rings is 1. The summed E-state index contributed by atoms with van der Waals surface area (Å²) in [6.07, 6.45) is 0.528. The van der Waals surface area contributed by atoms with E-state index in [2.05, 4.69) is 25.6 Å². The zero-order valence-electron chi connectivity index (χ0n) is 10.6. The van der Waals surface area contributed by atoms with Crippen molar-refractivity contribution in [3.8, 4) is 0 Å². The minimum absolute atomic E-state index is 0.0168. The monoisotopic (exact) mass is 380 g/mol. The van der Waals surface area contributed by atoms with Crippen molar-refractivity contribution in [3.05, 3.63) is 32.6 Å². The lowest BCUT2D eigenvalue weighted by Crippen LogP contribution is -2.25. The summed E-state index contributed by atoms with van der Waals surface area (Å²) in [4.78, 5) is 4.24. The quantitative estimate of drug-likeness (QED) is 0.797. The van der Waals surface area contributed by atoms with Gasteiger partial charge in [0.2, 0.25) is 10.0 Å². The fourth-order valence-electron chi connectivity index (χ4n) is 1.55. The number of aliphatic hydroxyl groups is 1. The fraction of sp³-hybridized carbons (Fsp3) is 0.364. The lowest BCUT2D eigenvalue weighted by molar-refractivity contribution is 0.245. The van der Waals surface area contributed by atoms with Gasteiger partial charge in [0, 0.05) is 30.1 Å². The highest BCUT2D eigenvalue weighted by Crippen LogP contribution is 2.26. The van der Waals surface area contributed by atoms with Gasteiger partial charge >= 0.3 is 0 Å². The fourth-order valence-corrected chi connectivity index (χ4v) is 4.35. The van der Waals surface area contributed by atoms with Gasteiger partial charge in [-0.15, -0.1) is 11.3 Å². The van der Waals surface area contributed by atoms with E-state index in [0.717, 1.165) is 10.7 Å². The predicted molar refractivity (Wildman–Crippen MR) is 78.1 cm³/mol. The van der Waals surface area contributed by atoms with Crippen LogP contribution in [0.3, 0.4) is 0 Å². The molecule has 0 atom stereocenters. The summed E-state index contributed by atoms with van der Waals surface area (Å²) in [5, 5.41) is 11.7. The van der Waals surface area contributed by atoms with Gasteiger partial charge < -0.3 is 9.52 Å². The zero-order chi connectivity index (χ0) is 14.8. The van der Waals surface area contributed by atoms with Crippen LogP contribution in [0.1, 0.15) is 16.5 Å². The SMILES string of the molecule is Cc1csc(CCNS(=O)(=O)c2cc(CO)oc2Br)n1. The normalized spacial score (nSPS) is 11.9. The number of sulfonamides is 1. The number of nitrogens with zero attached hydrogens (tertiary/aromatic N) is 1. The maximum Gasteiger partial charge on any atom is 0.244 e. The third-order valence-electron chi connectivity index (χ3n) is 2.45. The van der Waals surface area contributed by atoms with E-state index in [1.807, 2.05) is 12.3 Å². The summed E-state index contributed by atoms with van der Waals surface area (Å²) < 4.78 is 31.8. The summed E-state index contributed by atoms with van der Waals surface area (Å²) in [5.41, 5.74) is 0.929. The molecular formula is C11H13BrN2O4S2.